The Balaban J connectivity index is 2.13. The quantitative estimate of drug-likeness (QED) is 0.850. The summed E-state index contributed by atoms with van der Waals surface area (Å²) in [6.45, 7) is 9.84. The van der Waals surface area contributed by atoms with Gasteiger partial charge in [0.05, 0.1) is 0 Å². The molecule has 1 saturated heterocycles. The smallest absolute Gasteiger partial charge is 0.0452 e. The minimum Gasteiger partial charge on any atom is -0.311 e. The molecule has 0 radical (unpaired) electrons. The highest BCUT2D eigenvalue weighted by Gasteiger charge is 2.29. The molecule has 0 bridgehead atoms. The SMILES string of the molecule is CCCC1CN(Cc2cc(Cl)ccc2Cl)C(C(C)C)CN1. The van der Waals surface area contributed by atoms with E-state index < -0.39 is 0 Å². The van der Waals surface area contributed by atoms with Crippen LogP contribution in [0.4, 0.5) is 0 Å². The van der Waals surface area contributed by atoms with E-state index in [1.165, 1.54) is 12.8 Å². The molecule has 1 heterocycles. The zero-order chi connectivity index (χ0) is 15.4. The number of rotatable bonds is 5. The molecule has 2 unspecified atom stereocenters. The van der Waals surface area contributed by atoms with E-state index in [-0.39, 0.29) is 0 Å². The monoisotopic (exact) mass is 328 g/mol. The van der Waals surface area contributed by atoms with Crippen molar-refractivity contribution in [3.05, 3.63) is 33.8 Å². The molecule has 2 atom stereocenters. The summed E-state index contributed by atoms with van der Waals surface area (Å²) in [7, 11) is 0. The zero-order valence-corrected chi connectivity index (χ0v) is 14.7. The summed E-state index contributed by atoms with van der Waals surface area (Å²) in [5.74, 6) is 0.623. The fourth-order valence-corrected chi connectivity index (χ4v) is 3.54. The molecule has 1 aliphatic heterocycles. The predicted octanol–water partition coefficient (Wildman–Crippen LogP) is 4.59. The summed E-state index contributed by atoms with van der Waals surface area (Å²) in [6, 6.07) is 6.88. The van der Waals surface area contributed by atoms with Crippen LogP contribution in [0, 0.1) is 5.92 Å². The van der Waals surface area contributed by atoms with Crippen LogP contribution in [-0.4, -0.2) is 30.1 Å². The third-order valence-corrected chi connectivity index (χ3v) is 4.93. The van der Waals surface area contributed by atoms with Crippen molar-refractivity contribution in [2.75, 3.05) is 13.1 Å². The Morgan fingerprint density at radius 1 is 1.33 bits per heavy atom. The molecule has 0 spiro atoms. The van der Waals surface area contributed by atoms with Crippen LogP contribution in [0.1, 0.15) is 39.2 Å². The van der Waals surface area contributed by atoms with Gasteiger partial charge in [-0.15, -0.1) is 0 Å². The van der Waals surface area contributed by atoms with E-state index in [1.54, 1.807) is 0 Å². The van der Waals surface area contributed by atoms with Crippen molar-refractivity contribution in [1.82, 2.24) is 10.2 Å². The summed E-state index contributed by atoms with van der Waals surface area (Å²) in [5.41, 5.74) is 1.13. The van der Waals surface area contributed by atoms with Gasteiger partial charge in [-0.25, -0.2) is 0 Å². The van der Waals surface area contributed by atoms with Crippen LogP contribution >= 0.6 is 23.2 Å². The Morgan fingerprint density at radius 2 is 2.10 bits per heavy atom. The van der Waals surface area contributed by atoms with Crippen LogP contribution < -0.4 is 5.32 Å². The van der Waals surface area contributed by atoms with Crippen LogP contribution in [0.25, 0.3) is 0 Å². The number of hydrogen-bond acceptors (Lipinski definition) is 2. The van der Waals surface area contributed by atoms with E-state index in [0.29, 0.717) is 18.0 Å². The van der Waals surface area contributed by atoms with Gasteiger partial charge in [-0.1, -0.05) is 50.4 Å². The van der Waals surface area contributed by atoms with Crippen LogP contribution in [0.15, 0.2) is 18.2 Å². The maximum Gasteiger partial charge on any atom is 0.0452 e. The maximum absolute atomic E-state index is 6.34. The average molecular weight is 329 g/mol. The molecule has 1 aromatic rings. The molecule has 0 aromatic heterocycles. The summed E-state index contributed by atoms with van der Waals surface area (Å²) in [6.07, 6.45) is 2.44. The van der Waals surface area contributed by atoms with Crippen molar-refractivity contribution in [1.29, 1.82) is 0 Å². The van der Waals surface area contributed by atoms with Gasteiger partial charge in [-0.3, -0.25) is 4.90 Å². The van der Waals surface area contributed by atoms with Crippen LogP contribution in [-0.2, 0) is 6.54 Å². The van der Waals surface area contributed by atoms with Gasteiger partial charge in [-0.2, -0.15) is 0 Å². The molecule has 4 heteroatoms. The molecule has 1 N–H and O–H groups in total. The van der Waals surface area contributed by atoms with Crippen LogP contribution in [0.2, 0.25) is 10.0 Å². The van der Waals surface area contributed by atoms with E-state index in [1.807, 2.05) is 18.2 Å². The lowest BCUT2D eigenvalue weighted by molar-refractivity contribution is 0.0885. The van der Waals surface area contributed by atoms with E-state index in [0.717, 1.165) is 35.2 Å². The number of nitrogens with one attached hydrogen (secondary N) is 1. The van der Waals surface area contributed by atoms with Gasteiger partial charge in [0.25, 0.3) is 0 Å². The second kappa shape index (κ2) is 7.82. The van der Waals surface area contributed by atoms with Crippen LogP contribution in [0.5, 0.6) is 0 Å². The van der Waals surface area contributed by atoms with Crippen molar-refractivity contribution in [3.63, 3.8) is 0 Å². The van der Waals surface area contributed by atoms with Crippen molar-refractivity contribution in [3.8, 4) is 0 Å². The molecule has 1 aromatic carbocycles. The van der Waals surface area contributed by atoms with Gasteiger partial charge < -0.3 is 5.32 Å². The zero-order valence-electron chi connectivity index (χ0n) is 13.2. The summed E-state index contributed by atoms with van der Waals surface area (Å²) < 4.78 is 0. The Morgan fingerprint density at radius 3 is 2.76 bits per heavy atom. The van der Waals surface area contributed by atoms with Crippen molar-refractivity contribution < 1.29 is 0 Å². The van der Waals surface area contributed by atoms with Gasteiger partial charge in [-0.05, 0) is 36.1 Å². The lowest BCUT2D eigenvalue weighted by Crippen LogP contribution is -2.57. The standard InChI is InChI=1S/C17H26Cl2N2/c1-4-5-15-11-21(17(9-20-15)12(2)3)10-13-8-14(18)6-7-16(13)19/h6-8,12,15,17,20H,4-5,9-11H2,1-3H3. The first-order valence-corrected chi connectivity index (χ1v) is 8.68. The molecule has 118 valence electrons. The number of hydrogen-bond donors (Lipinski definition) is 1. The normalized spacial score (nSPS) is 23.7. The highest BCUT2D eigenvalue weighted by molar-refractivity contribution is 6.33. The average Bonchev–Trinajstić information content (AvgIpc) is 2.43. The van der Waals surface area contributed by atoms with Crippen LogP contribution in [0.3, 0.4) is 0 Å². The highest BCUT2D eigenvalue weighted by Crippen LogP contribution is 2.25. The molecule has 2 rings (SSSR count). The highest BCUT2D eigenvalue weighted by atomic mass is 35.5. The molecule has 1 aliphatic rings. The Bertz CT molecular complexity index is 462. The second-order valence-corrected chi connectivity index (χ2v) is 7.21. The number of piperazine rings is 1. The lowest BCUT2D eigenvalue weighted by Gasteiger charge is -2.42. The van der Waals surface area contributed by atoms with Crippen molar-refractivity contribution in [2.45, 2.75) is 52.2 Å². The minimum absolute atomic E-state index is 0.549. The molecule has 1 fully saturated rings. The number of halogens is 2. The van der Waals surface area contributed by atoms with Gasteiger partial charge in [0.15, 0.2) is 0 Å². The van der Waals surface area contributed by atoms with E-state index >= 15 is 0 Å². The summed E-state index contributed by atoms with van der Waals surface area (Å²) in [5, 5.41) is 5.26. The largest absolute Gasteiger partial charge is 0.311 e. The molecular weight excluding hydrogens is 303 g/mol. The predicted molar refractivity (Wildman–Crippen MR) is 92.2 cm³/mol. The van der Waals surface area contributed by atoms with Gasteiger partial charge in [0.2, 0.25) is 0 Å². The van der Waals surface area contributed by atoms with E-state index in [9.17, 15) is 0 Å². The molecule has 21 heavy (non-hydrogen) atoms. The first-order chi connectivity index (χ1) is 10.0. The van der Waals surface area contributed by atoms with Crippen molar-refractivity contribution in [2.24, 2.45) is 5.92 Å². The van der Waals surface area contributed by atoms with E-state index in [4.69, 9.17) is 23.2 Å². The number of nitrogens with zero attached hydrogens (tertiary/aromatic N) is 1. The summed E-state index contributed by atoms with van der Waals surface area (Å²) in [4.78, 5) is 2.57. The number of benzene rings is 1. The first kappa shape index (κ1) is 17.1. The third kappa shape index (κ3) is 4.59. The third-order valence-electron chi connectivity index (χ3n) is 4.33. The lowest BCUT2D eigenvalue weighted by atomic mass is 9.96. The van der Waals surface area contributed by atoms with Gasteiger partial charge in [0.1, 0.15) is 0 Å². The topological polar surface area (TPSA) is 15.3 Å². The first-order valence-electron chi connectivity index (χ1n) is 7.92. The second-order valence-electron chi connectivity index (χ2n) is 6.37. The molecule has 0 amide bonds. The molecule has 0 saturated carbocycles. The fraction of sp³-hybridized carbons (Fsp3) is 0.647. The maximum atomic E-state index is 6.34. The molecular formula is C17H26Cl2N2. The van der Waals surface area contributed by atoms with E-state index in [2.05, 4.69) is 31.0 Å². The molecule has 0 aliphatic carbocycles. The van der Waals surface area contributed by atoms with Gasteiger partial charge >= 0.3 is 0 Å². The minimum atomic E-state index is 0.549. The van der Waals surface area contributed by atoms with Crippen molar-refractivity contribution >= 4 is 23.2 Å². The summed E-state index contributed by atoms with van der Waals surface area (Å²) >= 11 is 12.5. The molecule has 2 nitrogen and oxygen atoms in total. The Kier molecular flexibility index (Phi) is 6.36. The van der Waals surface area contributed by atoms with Gasteiger partial charge in [0, 0.05) is 41.8 Å². The Hall–Kier alpha value is -0.280. The fourth-order valence-electron chi connectivity index (χ4n) is 3.16. The Labute approximate surface area is 138 Å².